The van der Waals surface area contributed by atoms with Gasteiger partial charge in [0, 0.05) is 12.1 Å². The number of hydrogen-bond donors (Lipinski definition) is 0. The van der Waals surface area contributed by atoms with Gasteiger partial charge in [-0.05, 0) is 44.9 Å². The van der Waals surface area contributed by atoms with Crippen LogP contribution >= 0.6 is 0 Å². The molecule has 0 saturated carbocycles. The van der Waals surface area contributed by atoms with Crippen molar-refractivity contribution in [2.45, 2.75) is 43.5 Å². The number of halogens is 1. The summed E-state index contributed by atoms with van der Waals surface area (Å²) in [5.41, 5.74) is -0.399. The number of hydrogen-bond acceptors (Lipinski definition) is 2. The first-order valence-corrected chi connectivity index (χ1v) is 7.56. The molecule has 0 aliphatic carbocycles. The minimum atomic E-state index is -3.60. The maximum absolute atomic E-state index is 13.2. The van der Waals surface area contributed by atoms with E-state index in [1.807, 2.05) is 13.8 Å². The fraction of sp³-hybridized carbons (Fsp3) is 0.538. The molecule has 100 valence electrons. The minimum absolute atomic E-state index is 0.0393. The lowest BCUT2D eigenvalue weighted by Gasteiger charge is -2.41. The summed E-state index contributed by atoms with van der Waals surface area (Å²) in [6.07, 6.45) is 2.72. The van der Waals surface area contributed by atoms with Crippen LogP contribution < -0.4 is 0 Å². The molecule has 5 heteroatoms. The van der Waals surface area contributed by atoms with Crippen molar-refractivity contribution >= 4 is 10.0 Å². The second-order valence-corrected chi connectivity index (χ2v) is 7.17. The van der Waals surface area contributed by atoms with E-state index in [0.717, 1.165) is 25.3 Å². The highest BCUT2D eigenvalue weighted by atomic mass is 32.2. The second-order valence-electron chi connectivity index (χ2n) is 5.30. The highest BCUT2D eigenvalue weighted by Crippen LogP contribution is 2.32. The number of rotatable bonds is 2. The van der Waals surface area contributed by atoms with Crippen molar-refractivity contribution in [1.29, 1.82) is 0 Å². The Balaban J connectivity index is 2.42. The van der Waals surface area contributed by atoms with E-state index >= 15 is 0 Å². The average molecular weight is 271 g/mol. The maximum Gasteiger partial charge on any atom is 0.243 e. The Morgan fingerprint density at radius 3 is 2.61 bits per heavy atom. The zero-order chi connectivity index (χ0) is 13.4. The number of nitrogens with zero attached hydrogens (tertiary/aromatic N) is 1. The first-order chi connectivity index (χ1) is 8.34. The predicted octanol–water partition coefficient (Wildman–Crippen LogP) is 2.78. The van der Waals surface area contributed by atoms with Crippen LogP contribution in [0.3, 0.4) is 0 Å². The smallest absolute Gasteiger partial charge is 0.207 e. The molecule has 1 fully saturated rings. The molecule has 0 N–H and O–H groups in total. The van der Waals surface area contributed by atoms with E-state index in [9.17, 15) is 12.8 Å². The molecule has 1 aliphatic rings. The summed E-state index contributed by atoms with van der Waals surface area (Å²) >= 11 is 0. The predicted molar refractivity (Wildman–Crippen MR) is 68.2 cm³/mol. The molecule has 3 nitrogen and oxygen atoms in total. The van der Waals surface area contributed by atoms with E-state index in [4.69, 9.17) is 0 Å². The lowest BCUT2D eigenvalue weighted by Crippen LogP contribution is -2.50. The molecule has 0 spiro atoms. The van der Waals surface area contributed by atoms with Gasteiger partial charge in [0.05, 0.1) is 4.90 Å². The lowest BCUT2D eigenvalue weighted by molar-refractivity contribution is 0.170. The van der Waals surface area contributed by atoms with Crippen molar-refractivity contribution < 1.29 is 12.8 Å². The van der Waals surface area contributed by atoms with Gasteiger partial charge in [0.25, 0.3) is 0 Å². The molecule has 1 aliphatic heterocycles. The second kappa shape index (κ2) is 4.63. The monoisotopic (exact) mass is 271 g/mol. The lowest BCUT2D eigenvalue weighted by atomic mass is 9.93. The highest BCUT2D eigenvalue weighted by Gasteiger charge is 2.38. The molecule has 0 aromatic heterocycles. The molecule has 1 aromatic rings. The topological polar surface area (TPSA) is 37.4 Å². The van der Waals surface area contributed by atoms with Crippen LogP contribution in [0, 0.1) is 5.82 Å². The fourth-order valence-electron chi connectivity index (χ4n) is 2.44. The average Bonchev–Trinajstić information content (AvgIpc) is 2.28. The van der Waals surface area contributed by atoms with Gasteiger partial charge in [-0.25, -0.2) is 12.8 Å². The third-order valence-electron chi connectivity index (χ3n) is 3.46. The first-order valence-electron chi connectivity index (χ1n) is 6.12. The number of piperidine rings is 1. The Labute approximate surface area is 108 Å². The highest BCUT2D eigenvalue weighted by molar-refractivity contribution is 7.89. The summed E-state index contributed by atoms with van der Waals surface area (Å²) < 4.78 is 39.7. The zero-order valence-electron chi connectivity index (χ0n) is 10.7. The van der Waals surface area contributed by atoms with Crippen LogP contribution in [0.25, 0.3) is 0 Å². The van der Waals surface area contributed by atoms with Gasteiger partial charge in [-0.1, -0.05) is 12.5 Å². The largest absolute Gasteiger partial charge is 0.243 e. The van der Waals surface area contributed by atoms with Crippen molar-refractivity contribution in [3.05, 3.63) is 30.1 Å². The molecule has 0 bridgehead atoms. The van der Waals surface area contributed by atoms with Crippen LogP contribution in [0.1, 0.15) is 33.1 Å². The summed E-state index contributed by atoms with van der Waals surface area (Å²) in [5.74, 6) is -0.522. The van der Waals surface area contributed by atoms with Gasteiger partial charge in [-0.3, -0.25) is 0 Å². The van der Waals surface area contributed by atoms with Gasteiger partial charge in [0.15, 0.2) is 0 Å². The minimum Gasteiger partial charge on any atom is -0.207 e. The molecule has 1 saturated heterocycles. The number of sulfonamides is 1. The third-order valence-corrected chi connectivity index (χ3v) is 5.57. The fourth-order valence-corrected chi connectivity index (χ4v) is 4.32. The molecule has 2 rings (SSSR count). The maximum atomic E-state index is 13.2. The van der Waals surface area contributed by atoms with Crippen molar-refractivity contribution in [3.63, 3.8) is 0 Å². The van der Waals surface area contributed by atoms with Crippen molar-refractivity contribution in [1.82, 2.24) is 4.31 Å². The molecular formula is C13H18FNO2S. The van der Waals surface area contributed by atoms with E-state index in [1.165, 1.54) is 22.5 Å². The summed E-state index contributed by atoms with van der Waals surface area (Å²) in [7, 11) is -3.60. The molecule has 0 atom stereocenters. The van der Waals surface area contributed by atoms with Crippen LogP contribution in [-0.4, -0.2) is 24.8 Å². The van der Waals surface area contributed by atoms with Gasteiger partial charge in [0.2, 0.25) is 10.0 Å². The zero-order valence-corrected chi connectivity index (χ0v) is 11.5. The van der Waals surface area contributed by atoms with Gasteiger partial charge in [0.1, 0.15) is 5.82 Å². The SMILES string of the molecule is CC1(C)CCCCN1S(=O)(=O)c1cccc(F)c1. The van der Waals surface area contributed by atoms with E-state index < -0.39 is 21.4 Å². The van der Waals surface area contributed by atoms with Crippen LogP contribution in [0.5, 0.6) is 0 Å². The van der Waals surface area contributed by atoms with E-state index in [0.29, 0.717) is 6.54 Å². The quantitative estimate of drug-likeness (QED) is 0.829. The number of benzene rings is 1. The summed E-state index contributed by atoms with van der Waals surface area (Å²) in [5, 5.41) is 0. The van der Waals surface area contributed by atoms with E-state index in [1.54, 1.807) is 0 Å². The van der Waals surface area contributed by atoms with Crippen LogP contribution in [0.15, 0.2) is 29.2 Å². The summed E-state index contributed by atoms with van der Waals surface area (Å²) in [6, 6.07) is 5.21. The van der Waals surface area contributed by atoms with Crippen molar-refractivity contribution in [3.8, 4) is 0 Å². The van der Waals surface area contributed by atoms with Gasteiger partial charge >= 0.3 is 0 Å². The summed E-state index contributed by atoms with van der Waals surface area (Å²) in [6.45, 7) is 4.35. The standard InChI is InChI=1S/C13H18FNO2S/c1-13(2)8-3-4-9-15(13)18(16,17)12-7-5-6-11(14)10-12/h5-7,10H,3-4,8-9H2,1-2H3. The van der Waals surface area contributed by atoms with Crippen LogP contribution in [0.4, 0.5) is 4.39 Å². The van der Waals surface area contributed by atoms with Gasteiger partial charge in [-0.15, -0.1) is 0 Å². The van der Waals surface area contributed by atoms with Crippen molar-refractivity contribution in [2.24, 2.45) is 0 Å². The Morgan fingerprint density at radius 2 is 2.00 bits per heavy atom. The van der Waals surface area contributed by atoms with Gasteiger partial charge < -0.3 is 0 Å². The Kier molecular flexibility index (Phi) is 3.47. The molecule has 0 unspecified atom stereocenters. The Morgan fingerprint density at radius 1 is 1.28 bits per heavy atom. The van der Waals surface area contributed by atoms with Crippen molar-refractivity contribution in [2.75, 3.05) is 6.54 Å². The van der Waals surface area contributed by atoms with Gasteiger partial charge in [-0.2, -0.15) is 4.31 Å². The molecule has 1 heterocycles. The molecule has 0 radical (unpaired) electrons. The molecule has 18 heavy (non-hydrogen) atoms. The Hall–Kier alpha value is -0.940. The van der Waals surface area contributed by atoms with E-state index in [-0.39, 0.29) is 4.90 Å². The molecular weight excluding hydrogens is 253 g/mol. The van der Waals surface area contributed by atoms with E-state index in [2.05, 4.69) is 0 Å². The Bertz CT molecular complexity index is 540. The normalized spacial score (nSPS) is 20.8. The van der Waals surface area contributed by atoms with Crippen LogP contribution in [-0.2, 0) is 10.0 Å². The summed E-state index contributed by atoms with van der Waals surface area (Å²) in [4.78, 5) is 0.0393. The molecule has 1 aromatic carbocycles. The first kappa shape index (κ1) is 13.5. The molecule has 0 amide bonds. The van der Waals surface area contributed by atoms with Crippen LogP contribution in [0.2, 0.25) is 0 Å². The third kappa shape index (κ3) is 2.42.